The van der Waals surface area contributed by atoms with Gasteiger partial charge in [-0.2, -0.15) is 13.2 Å². The molecule has 0 saturated heterocycles. The first-order valence-electron chi connectivity index (χ1n) is 4.51. The summed E-state index contributed by atoms with van der Waals surface area (Å²) in [5.41, 5.74) is 0.672. The maximum absolute atomic E-state index is 11.7. The lowest BCUT2D eigenvalue weighted by molar-refractivity contribution is -0.173. The van der Waals surface area contributed by atoms with Gasteiger partial charge in [-0.25, -0.2) is 9.97 Å². The SMILES string of the molecule is Cc1cc(Cl)nc(CCOCC(F)(F)F)n1. The van der Waals surface area contributed by atoms with Crippen molar-refractivity contribution >= 4 is 11.6 Å². The third-order valence-corrected chi connectivity index (χ3v) is 1.80. The van der Waals surface area contributed by atoms with E-state index in [0.29, 0.717) is 11.5 Å². The second-order valence-electron chi connectivity index (χ2n) is 3.17. The maximum Gasteiger partial charge on any atom is 0.411 e. The Bertz CT molecular complexity index is 337. The van der Waals surface area contributed by atoms with Gasteiger partial charge in [0.15, 0.2) is 0 Å². The molecule has 0 N–H and O–H groups in total. The van der Waals surface area contributed by atoms with E-state index in [4.69, 9.17) is 11.6 Å². The Morgan fingerprint density at radius 1 is 1.38 bits per heavy atom. The highest BCUT2D eigenvalue weighted by Crippen LogP contribution is 2.14. The maximum atomic E-state index is 11.7. The quantitative estimate of drug-likeness (QED) is 0.612. The molecule has 0 aliphatic rings. The summed E-state index contributed by atoms with van der Waals surface area (Å²) in [6.07, 6.45) is -4.09. The fourth-order valence-electron chi connectivity index (χ4n) is 1.05. The lowest BCUT2D eigenvalue weighted by atomic mass is 10.4. The number of aryl methyl sites for hydroxylation is 1. The first-order valence-corrected chi connectivity index (χ1v) is 4.89. The van der Waals surface area contributed by atoms with Crippen LogP contribution in [0.1, 0.15) is 11.5 Å². The molecule has 0 aromatic carbocycles. The molecule has 0 fully saturated rings. The number of hydrogen-bond donors (Lipinski definition) is 0. The van der Waals surface area contributed by atoms with Crippen LogP contribution in [-0.2, 0) is 11.2 Å². The van der Waals surface area contributed by atoms with Crippen LogP contribution in [0.25, 0.3) is 0 Å². The smallest absolute Gasteiger partial charge is 0.372 e. The average Bonchev–Trinajstić information content (AvgIpc) is 2.09. The average molecular weight is 255 g/mol. The summed E-state index contributed by atoms with van der Waals surface area (Å²) in [6, 6.07) is 1.57. The van der Waals surface area contributed by atoms with E-state index in [1.54, 1.807) is 13.0 Å². The summed E-state index contributed by atoms with van der Waals surface area (Å²) in [5, 5.41) is 0.276. The Hall–Kier alpha value is -0.880. The van der Waals surface area contributed by atoms with E-state index in [1.807, 2.05) is 0 Å². The van der Waals surface area contributed by atoms with Crippen molar-refractivity contribution in [3.05, 3.63) is 22.7 Å². The predicted octanol–water partition coefficient (Wildman–Crippen LogP) is 2.56. The lowest BCUT2D eigenvalue weighted by Gasteiger charge is -2.07. The van der Waals surface area contributed by atoms with Gasteiger partial charge < -0.3 is 4.74 Å². The molecule has 0 amide bonds. The van der Waals surface area contributed by atoms with Gasteiger partial charge >= 0.3 is 6.18 Å². The third kappa shape index (κ3) is 5.27. The summed E-state index contributed by atoms with van der Waals surface area (Å²) in [5.74, 6) is 0.382. The van der Waals surface area contributed by atoms with Gasteiger partial charge in [0.2, 0.25) is 0 Å². The van der Waals surface area contributed by atoms with Crippen LogP contribution >= 0.6 is 11.6 Å². The van der Waals surface area contributed by atoms with Gasteiger partial charge in [0, 0.05) is 12.1 Å². The molecule has 0 unspecified atom stereocenters. The van der Waals surface area contributed by atoms with Gasteiger partial charge in [0.1, 0.15) is 17.6 Å². The summed E-state index contributed by atoms with van der Waals surface area (Å²) in [7, 11) is 0. The molecule has 0 radical (unpaired) electrons. The number of aromatic nitrogens is 2. The minimum atomic E-state index is -4.30. The fourth-order valence-corrected chi connectivity index (χ4v) is 1.31. The molecule has 0 aliphatic carbocycles. The van der Waals surface area contributed by atoms with Crippen LogP contribution < -0.4 is 0 Å². The van der Waals surface area contributed by atoms with Crippen molar-refractivity contribution in [2.45, 2.75) is 19.5 Å². The number of rotatable bonds is 4. The van der Waals surface area contributed by atoms with Crippen molar-refractivity contribution < 1.29 is 17.9 Å². The third-order valence-electron chi connectivity index (χ3n) is 1.60. The van der Waals surface area contributed by atoms with Gasteiger partial charge in [0.05, 0.1) is 6.61 Å². The van der Waals surface area contributed by atoms with Crippen LogP contribution in [0, 0.1) is 6.92 Å². The van der Waals surface area contributed by atoms with E-state index in [1.165, 1.54) is 0 Å². The second kappa shape index (κ2) is 5.45. The molecule has 1 heterocycles. The van der Waals surface area contributed by atoms with Gasteiger partial charge in [0.25, 0.3) is 0 Å². The fraction of sp³-hybridized carbons (Fsp3) is 0.556. The van der Waals surface area contributed by atoms with Crippen LogP contribution in [0.2, 0.25) is 5.15 Å². The molecule has 16 heavy (non-hydrogen) atoms. The van der Waals surface area contributed by atoms with Crippen molar-refractivity contribution in [3.63, 3.8) is 0 Å². The van der Waals surface area contributed by atoms with E-state index in [2.05, 4.69) is 14.7 Å². The van der Waals surface area contributed by atoms with Gasteiger partial charge in [-0.05, 0) is 13.0 Å². The molecule has 1 rings (SSSR count). The Labute approximate surface area is 95.6 Å². The Kier molecular flexibility index (Phi) is 4.49. The van der Waals surface area contributed by atoms with E-state index in [9.17, 15) is 13.2 Å². The molecule has 1 aromatic heterocycles. The Morgan fingerprint density at radius 2 is 2.06 bits per heavy atom. The van der Waals surface area contributed by atoms with Crippen LogP contribution in [0.5, 0.6) is 0 Å². The molecule has 0 aliphatic heterocycles. The molecule has 0 spiro atoms. The van der Waals surface area contributed by atoms with Crippen molar-refractivity contribution in [2.24, 2.45) is 0 Å². The zero-order valence-corrected chi connectivity index (χ0v) is 9.27. The number of hydrogen-bond acceptors (Lipinski definition) is 3. The minimum absolute atomic E-state index is 0.0840. The Morgan fingerprint density at radius 3 is 2.62 bits per heavy atom. The molecule has 7 heteroatoms. The van der Waals surface area contributed by atoms with Gasteiger partial charge in [-0.15, -0.1) is 0 Å². The van der Waals surface area contributed by atoms with Crippen LogP contribution in [0.4, 0.5) is 13.2 Å². The van der Waals surface area contributed by atoms with Crippen LogP contribution in [0.15, 0.2) is 6.07 Å². The van der Waals surface area contributed by atoms with Crippen molar-refractivity contribution in [1.29, 1.82) is 0 Å². The van der Waals surface area contributed by atoms with E-state index in [0.717, 1.165) is 0 Å². The molecule has 0 saturated carbocycles. The zero-order valence-electron chi connectivity index (χ0n) is 8.51. The van der Waals surface area contributed by atoms with Crippen molar-refractivity contribution in [1.82, 2.24) is 9.97 Å². The van der Waals surface area contributed by atoms with Crippen molar-refractivity contribution in [3.8, 4) is 0 Å². The first-order chi connectivity index (χ1) is 7.37. The highest BCUT2D eigenvalue weighted by atomic mass is 35.5. The number of alkyl halides is 3. The monoisotopic (exact) mass is 254 g/mol. The minimum Gasteiger partial charge on any atom is -0.372 e. The second-order valence-corrected chi connectivity index (χ2v) is 3.55. The van der Waals surface area contributed by atoms with Gasteiger partial charge in [-0.3, -0.25) is 0 Å². The van der Waals surface area contributed by atoms with Crippen LogP contribution in [-0.4, -0.2) is 29.4 Å². The lowest BCUT2D eigenvalue weighted by Crippen LogP contribution is -2.18. The van der Waals surface area contributed by atoms with E-state index < -0.39 is 12.8 Å². The highest BCUT2D eigenvalue weighted by molar-refractivity contribution is 6.29. The molecular formula is C9H10ClF3N2O. The van der Waals surface area contributed by atoms with E-state index in [-0.39, 0.29) is 18.2 Å². The molecule has 0 bridgehead atoms. The largest absolute Gasteiger partial charge is 0.411 e. The summed E-state index contributed by atoms with van der Waals surface area (Å²) in [6.45, 7) is 0.388. The molecule has 3 nitrogen and oxygen atoms in total. The van der Waals surface area contributed by atoms with Crippen LogP contribution in [0.3, 0.4) is 0 Å². The zero-order chi connectivity index (χ0) is 12.2. The van der Waals surface area contributed by atoms with Crippen molar-refractivity contribution in [2.75, 3.05) is 13.2 Å². The summed E-state index contributed by atoms with van der Waals surface area (Å²) < 4.78 is 39.6. The molecular weight excluding hydrogens is 245 g/mol. The highest BCUT2D eigenvalue weighted by Gasteiger charge is 2.27. The number of ether oxygens (including phenoxy) is 1. The predicted molar refractivity (Wildman–Crippen MR) is 52.4 cm³/mol. The topological polar surface area (TPSA) is 35.0 Å². The first kappa shape index (κ1) is 13.2. The Balaban J connectivity index is 2.37. The standard InChI is InChI=1S/C9H10ClF3N2O/c1-6-4-7(10)15-8(14-6)2-3-16-5-9(11,12)13/h4H,2-3,5H2,1H3. The number of halogens is 4. The summed E-state index contributed by atoms with van der Waals surface area (Å²) >= 11 is 5.66. The molecule has 1 aromatic rings. The van der Waals surface area contributed by atoms with E-state index >= 15 is 0 Å². The molecule has 0 atom stereocenters. The number of nitrogens with zero attached hydrogens (tertiary/aromatic N) is 2. The normalized spacial score (nSPS) is 11.8. The van der Waals surface area contributed by atoms with Gasteiger partial charge in [-0.1, -0.05) is 11.6 Å². The summed E-state index contributed by atoms with van der Waals surface area (Å²) in [4.78, 5) is 7.87. The molecule has 90 valence electrons.